The second kappa shape index (κ2) is 51.5. The standard InChI is InChI=1S/C56H103NO5/c1-3-5-7-9-11-13-15-17-22-26-30-34-38-42-46-50-56(61)62-51-47-43-39-35-31-27-24-21-19-18-20-23-25-29-33-37-41-45-49-55(60)57-53(52-58)54(59)48-44-40-36-32-28-16-14-12-10-8-6-4-2/h11,13,17,20,22-23,44,48,53-54,58-59H,3-10,12,14-16,18-19,21,24-43,45-47,49-52H2,1-2H3,(H,57,60)/b13-11-,22-17-,23-20-,48-44+. The number of amides is 1. The van der Waals surface area contributed by atoms with Gasteiger partial charge < -0.3 is 20.3 Å². The third kappa shape index (κ3) is 47.3. The van der Waals surface area contributed by atoms with Crippen molar-refractivity contribution < 1.29 is 24.5 Å². The number of nitrogens with one attached hydrogen (secondary N) is 1. The molecule has 0 aliphatic rings. The highest BCUT2D eigenvalue weighted by atomic mass is 16.5. The maximum atomic E-state index is 12.4. The largest absolute Gasteiger partial charge is 0.466 e. The minimum atomic E-state index is -0.853. The Morgan fingerprint density at radius 1 is 0.452 bits per heavy atom. The van der Waals surface area contributed by atoms with E-state index in [4.69, 9.17) is 4.74 Å². The van der Waals surface area contributed by atoms with E-state index in [0.717, 1.165) is 70.6 Å². The molecule has 0 spiro atoms. The van der Waals surface area contributed by atoms with Gasteiger partial charge in [-0.1, -0.05) is 217 Å². The van der Waals surface area contributed by atoms with Gasteiger partial charge in [-0.3, -0.25) is 9.59 Å². The predicted molar refractivity (Wildman–Crippen MR) is 269 cm³/mol. The summed E-state index contributed by atoms with van der Waals surface area (Å²) in [6.07, 6.45) is 64.0. The highest BCUT2D eigenvalue weighted by Crippen LogP contribution is 2.15. The number of unbranched alkanes of at least 4 members (excludes halogenated alkanes) is 32. The van der Waals surface area contributed by atoms with Crippen molar-refractivity contribution in [3.05, 3.63) is 48.6 Å². The summed E-state index contributed by atoms with van der Waals surface area (Å²) >= 11 is 0. The Morgan fingerprint density at radius 3 is 1.27 bits per heavy atom. The van der Waals surface area contributed by atoms with E-state index in [1.807, 2.05) is 6.08 Å². The molecule has 3 N–H and O–H groups in total. The minimum absolute atomic E-state index is 0.0128. The number of allylic oxidation sites excluding steroid dienone is 7. The first-order valence-corrected chi connectivity index (χ1v) is 26.9. The van der Waals surface area contributed by atoms with Crippen LogP contribution in [0.5, 0.6) is 0 Å². The number of esters is 1. The zero-order chi connectivity index (χ0) is 45.1. The molecule has 0 heterocycles. The number of hydrogen-bond acceptors (Lipinski definition) is 5. The molecule has 0 aliphatic carbocycles. The van der Waals surface area contributed by atoms with E-state index >= 15 is 0 Å². The third-order valence-electron chi connectivity index (χ3n) is 12.1. The topological polar surface area (TPSA) is 95.9 Å². The molecule has 0 saturated carbocycles. The van der Waals surface area contributed by atoms with E-state index < -0.39 is 12.1 Å². The van der Waals surface area contributed by atoms with E-state index in [9.17, 15) is 19.8 Å². The molecular formula is C56H103NO5. The quantitative estimate of drug-likeness (QED) is 0.0322. The zero-order valence-corrected chi connectivity index (χ0v) is 41.1. The van der Waals surface area contributed by atoms with Crippen LogP contribution in [0.15, 0.2) is 48.6 Å². The van der Waals surface area contributed by atoms with Gasteiger partial charge in [-0.05, 0) is 89.9 Å². The summed E-state index contributed by atoms with van der Waals surface area (Å²) in [6.45, 7) is 4.84. The van der Waals surface area contributed by atoms with E-state index in [-0.39, 0.29) is 18.5 Å². The van der Waals surface area contributed by atoms with Crippen LogP contribution >= 0.6 is 0 Å². The van der Waals surface area contributed by atoms with Crippen LogP contribution in [0.4, 0.5) is 0 Å². The molecular weight excluding hydrogens is 767 g/mol. The van der Waals surface area contributed by atoms with Gasteiger partial charge >= 0.3 is 5.97 Å². The fourth-order valence-corrected chi connectivity index (χ4v) is 7.89. The highest BCUT2D eigenvalue weighted by Gasteiger charge is 2.18. The molecule has 62 heavy (non-hydrogen) atoms. The number of aliphatic hydroxyl groups is 2. The summed E-state index contributed by atoms with van der Waals surface area (Å²) in [5, 5.41) is 23.0. The Labute approximate surface area is 385 Å². The summed E-state index contributed by atoms with van der Waals surface area (Å²) in [7, 11) is 0. The average molecular weight is 870 g/mol. The van der Waals surface area contributed by atoms with Gasteiger partial charge in [-0.25, -0.2) is 0 Å². The van der Waals surface area contributed by atoms with Crippen LogP contribution in [-0.4, -0.2) is 47.4 Å². The van der Waals surface area contributed by atoms with Gasteiger partial charge in [0.15, 0.2) is 0 Å². The molecule has 0 aromatic rings. The molecule has 0 aliphatic heterocycles. The number of carbonyl (C=O) groups excluding carboxylic acids is 2. The van der Waals surface area contributed by atoms with Crippen LogP contribution in [0.3, 0.4) is 0 Å². The number of carbonyl (C=O) groups is 2. The van der Waals surface area contributed by atoms with Crippen LogP contribution in [0.25, 0.3) is 0 Å². The number of hydrogen-bond donors (Lipinski definition) is 3. The van der Waals surface area contributed by atoms with Crippen LogP contribution in [-0.2, 0) is 14.3 Å². The summed E-state index contributed by atoms with van der Waals surface area (Å²) in [5.41, 5.74) is 0. The lowest BCUT2D eigenvalue weighted by atomic mass is 10.1. The van der Waals surface area contributed by atoms with Gasteiger partial charge in [0.1, 0.15) is 0 Å². The van der Waals surface area contributed by atoms with E-state index in [1.165, 1.54) is 173 Å². The van der Waals surface area contributed by atoms with Crippen molar-refractivity contribution in [1.29, 1.82) is 0 Å². The fourth-order valence-electron chi connectivity index (χ4n) is 7.89. The fraction of sp³-hybridized carbons (Fsp3) is 0.821. The molecule has 6 nitrogen and oxygen atoms in total. The molecule has 362 valence electrons. The van der Waals surface area contributed by atoms with Crippen LogP contribution < -0.4 is 5.32 Å². The van der Waals surface area contributed by atoms with E-state index in [1.54, 1.807) is 6.08 Å². The molecule has 2 unspecified atom stereocenters. The molecule has 0 aromatic heterocycles. The van der Waals surface area contributed by atoms with Crippen molar-refractivity contribution in [2.75, 3.05) is 13.2 Å². The van der Waals surface area contributed by atoms with Crippen molar-refractivity contribution >= 4 is 11.9 Å². The number of ether oxygens (including phenoxy) is 1. The smallest absolute Gasteiger partial charge is 0.305 e. The van der Waals surface area contributed by atoms with Gasteiger partial charge in [0.05, 0.1) is 25.4 Å². The third-order valence-corrected chi connectivity index (χ3v) is 12.1. The summed E-state index contributed by atoms with van der Waals surface area (Å²) in [5.74, 6) is -0.0974. The Morgan fingerprint density at radius 2 is 0.806 bits per heavy atom. The van der Waals surface area contributed by atoms with Gasteiger partial charge in [-0.2, -0.15) is 0 Å². The van der Waals surface area contributed by atoms with Crippen molar-refractivity contribution in [2.45, 2.75) is 283 Å². The molecule has 6 heteroatoms. The molecule has 1 amide bonds. The normalized spacial score (nSPS) is 13.0. The molecule has 2 atom stereocenters. The van der Waals surface area contributed by atoms with Crippen LogP contribution in [0.2, 0.25) is 0 Å². The molecule has 0 fully saturated rings. The lowest BCUT2D eigenvalue weighted by Gasteiger charge is -2.20. The number of aliphatic hydroxyl groups excluding tert-OH is 2. The maximum Gasteiger partial charge on any atom is 0.305 e. The van der Waals surface area contributed by atoms with Gasteiger partial charge in [0.2, 0.25) is 5.91 Å². The highest BCUT2D eigenvalue weighted by molar-refractivity contribution is 5.76. The van der Waals surface area contributed by atoms with Crippen molar-refractivity contribution in [3.8, 4) is 0 Å². The van der Waals surface area contributed by atoms with Gasteiger partial charge in [-0.15, -0.1) is 0 Å². The SMILES string of the molecule is CCCCC/C=C\C/C=C\CCCCCCCC(=O)OCCCCCCCCCCC/C=C\CCCCCCCC(=O)NC(CO)C(O)/C=C/CCCCCCCCCCCC. The maximum absolute atomic E-state index is 12.4. The molecule has 0 aromatic carbocycles. The Hall–Kier alpha value is -2.18. The number of rotatable bonds is 49. The lowest BCUT2D eigenvalue weighted by molar-refractivity contribution is -0.143. The average Bonchev–Trinajstić information content (AvgIpc) is 3.27. The summed E-state index contributed by atoms with van der Waals surface area (Å²) in [6, 6.07) is -0.638. The second-order valence-corrected chi connectivity index (χ2v) is 18.2. The van der Waals surface area contributed by atoms with Gasteiger partial charge in [0.25, 0.3) is 0 Å². The second-order valence-electron chi connectivity index (χ2n) is 18.2. The van der Waals surface area contributed by atoms with Crippen LogP contribution in [0.1, 0.15) is 271 Å². The molecule has 0 radical (unpaired) electrons. The molecule has 0 rings (SSSR count). The van der Waals surface area contributed by atoms with E-state index in [2.05, 4.69) is 55.6 Å². The van der Waals surface area contributed by atoms with Crippen molar-refractivity contribution in [1.82, 2.24) is 5.32 Å². The van der Waals surface area contributed by atoms with E-state index in [0.29, 0.717) is 19.4 Å². The van der Waals surface area contributed by atoms with Crippen molar-refractivity contribution in [2.24, 2.45) is 0 Å². The Kier molecular flexibility index (Phi) is 49.6. The first-order valence-electron chi connectivity index (χ1n) is 26.9. The Balaban J connectivity index is 3.48. The summed E-state index contributed by atoms with van der Waals surface area (Å²) in [4.78, 5) is 24.4. The molecule has 0 saturated heterocycles. The van der Waals surface area contributed by atoms with Crippen molar-refractivity contribution in [3.63, 3.8) is 0 Å². The van der Waals surface area contributed by atoms with Crippen LogP contribution in [0, 0.1) is 0 Å². The summed E-state index contributed by atoms with van der Waals surface area (Å²) < 4.78 is 5.46. The first-order chi connectivity index (χ1) is 30.5. The Bertz CT molecular complexity index is 1050. The molecule has 0 bridgehead atoms. The monoisotopic (exact) mass is 870 g/mol. The lowest BCUT2D eigenvalue weighted by Crippen LogP contribution is -2.45. The van der Waals surface area contributed by atoms with Gasteiger partial charge in [0, 0.05) is 12.8 Å². The zero-order valence-electron chi connectivity index (χ0n) is 41.1. The first kappa shape index (κ1) is 59.8. The minimum Gasteiger partial charge on any atom is -0.466 e. The predicted octanol–water partition coefficient (Wildman–Crippen LogP) is 16.2.